The Morgan fingerprint density at radius 3 is 1.47 bits per heavy atom. The summed E-state index contributed by atoms with van der Waals surface area (Å²) >= 11 is 1.51. The maximum absolute atomic E-state index is 2.99. The first-order chi connectivity index (χ1) is 28.7. The number of fused-ring (bicyclic) bond motifs is 8. The van der Waals surface area contributed by atoms with Crippen LogP contribution in [0.4, 0.5) is 0 Å². The molecule has 3 heteroatoms. The van der Waals surface area contributed by atoms with Crippen molar-refractivity contribution in [3.63, 3.8) is 0 Å². The molecule has 8 aliphatic carbocycles. The van der Waals surface area contributed by atoms with Crippen LogP contribution >= 0.6 is 0 Å². The molecule has 0 radical (unpaired) electrons. The van der Waals surface area contributed by atoms with Gasteiger partial charge in [-0.15, -0.1) is 23.8 Å². The van der Waals surface area contributed by atoms with Gasteiger partial charge in [0, 0.05) is 10.8 Å². The summed E-state index contributed by atoms with van der Waals surface area (Å²) in [5.41, 5.74) is 7.67. The third-order valence-electron chi connectivity index (χ3n) is 19.2. The summed E-state index contributed by atoms with van der Waals surface area (Å²) < 4.78 is 1.49. The van der Waals surface area contributed by atoms with Gasteiger partial charge in [-0.25, -0.2) is 12.2 Å². The molecule has 10 rings (SSSR count). The van der Waals surface area contributed by atoms with Crippen molar-refractivity contribution in [2.75, 3.05) is 0 Å². The van der Waals surface area contributed by atoms with Crippen LogP contribution in [0.15, 0.2) is 139 Å². The van der Waals surface area contributed by atoms with Crippen molar-refractivity contribution in [2.45, 2.75) is 138 Å². The van der Waals surface area contributed by atoms with Crippen LogP contribution in [0, 0.1) is 56.3 Å². The van der Waals surface area contributed by atoms with Gasteiger partial charge in [0.15, 0.2) is 0 Å². The molecule has 62 heavy (non-hydrogen) atoms. The van der Waals surface area contributed by atoms with Crippen LogP contribution in [-0.4, -0.2) is 3.21 Å². The van der Waals surface area contributed by atoms with Crippen molar-refractivity contribution in [1.82, 2.24) is 0 Å². The Hall–Kier alpha value is -2.31. The van der Waals surface area contributed by atoms with Gasteiger partial charge in [-0.3, -0.25) is 6.08 Å². The van der Waals surface area contributed by atoms with Crippen molar-refractivity contribution in [3.8, 4) is 0 Å². The number of benzene rings is 2. The van der Waals surface area contributed by atoms with Gasteiger partial charge in [0.1, 0.15) is 0 Å². The monoisotopic (exact) mass is 940 g/mol. The predicted octanol–water partition coefficient (Wildman–Crippen LogP) is 9.86. The second-order valence-corrected chi connectivity index (χ2v) is 22.2. The topological polar surface area (TPSA) is 0 Å². The van der Waals surface area contributed by atoms with Crippen LogP contribution in [0.5, 0.6) is 0 Å². The van der Waals surface area contributed by atoms with Crippen molar-refractivity contribution < 1.29 is 49.0 Å². The van der Waals surface area contributed by atoms with E-state index in [2.05, 4.69) is 189 Å². The average molecular weight is 943 g/mol. The minimum absolute atomic E-state index is 0. The fraction of sp³-hybridized carbons (Fsp3) is 0.492. The number of allylic oxidation sites excluding steroid dienone is 16. The summed E-state index contributed by atoms with van der Waals surface area (Å²) in [5, 5.41) is 0. The van der Waals surface area contributed by atoms with E-state index in [0.717, 1.165) is 18.3 Å². The molecular weight excluding hydrogens is 871 g/mol. The van der Waals surface area contributed by atoms with Crippen molar-refractivity contribution in [1.29, 1.82) is 0 Å². The number of hydrogen-bond donors (Lipinski definition) is 0. The zero-order chi connectivity index (χ0) is 42.4. The van der Waals surface area contributed by atoms with E-state index < -0.39 is 0 Å². The summed E-state index contributed by atoms with van der Waals surface area (Å²) in [6, 6.07) is 19.0. The van der Waals surface area contributed by atoms with E-state index in [1.54, 1.807) is 11.1 Å². The third-order valence-corrected chi connectivity index (χ3v) is 20.6. The molecule has 0 aliphatic heterocycles. The Morgan fingerprint density at radius 1 is 0.581 bits per heavy atom. The molecular formula is C59H72Cl2Zr-2. The number of rotatable bonds is 4. The molecule has 8 unspecified atom stereocenters. The number of hydrogen-bond acceptors (Lipinski definition) is 0. The first kappa shape index (κ1) is 49.1. The van der Waals surface area contributed by atoms with Gasteiger partial charge in [0.05, 0.1) is 0 Å². The van der Waals surface area contributed by atoms with Crippen LogP contribution in [0.1, 0.15) is 160 Å². The fourth-order valence-corrected chi connectivity index (χ4v) is 15.3. The zero-order valence-electron chi connectivity index (χ0n) is 39.0. The number of halogens is 2. The molecule has 8 atom stereocenters. The van der Waals surface area contributed by atoms with Crippen LogP contribution < -0.4 is 24.8 Å². The van der Waals surface area contributed by atoms with Gasteiger partial charge in [-0.2, -0.15) is 6.08 Å². The molecule has 4 saturated carbocycles. The second kappa shape index (κ2) is 18.9. The van der Waals surface area contributed by atoms with E-state index >= 15 is 0 Å². The molecule has 8 aliphatic rings. The minimum atomic E-state index is 0. The van der Waals surface area contributed by atoms with E-state index in [9.17, 15) is 0 Å². The summed E-state index contributed by atoms with van der Waals surface area (Å²) in [5.74, 6) is 2.07. The van der Waals surface area contributed by atoms with Gasteiger partial charge >= 0.3 is 174 Å². The first-order valence-corrected chi connectivity index (χ1v) is 24.9. The molecule has 2 aromatic rings. The molecule has 2 aromatic carbocycles. The molecule has 328 valence electrons. The summed E-state index contributed by atoms with van der Waals surface area (Å²) in [6.07, 6.45) is 53.3. The second-order valence-electron chi connectivity index (χ2n) is 21.0. The van der Waals surface area contributed by atoms with E-state index in [1.165, 1.54) is 108 Å². The molecule has 0 saturated heterocycles. The Balaban J connectivity index is 0.000000181. The van der Waals surface area contributed by atoms with Crippen molar-refractivity contribution >= 4 is 3.21 Å². The zero-order valence-corrected chi connectivity index (χ0v) is 43.0. The molecule has 0 amide bonds. The third kappa shape index (κ3) is 7.36. The molecule has 0 N–H and O–H groups in total. The Morgan fingerprint density at radius 2 is 1.03 bits per heavy atom. The van der Waals surface area contributed by atoms with Crippen LogP contribution in [0.25, 0.3) is 0 Å². The van der Waals surface area contributed by atoms with Gasteiger partial charge in [-0.05, 0) is 28.6 Å². The van der Waals surface area contributed by atoms with E-state index in [0.29, 0.717) is 5.92 Å². The Kier molecular flexibility index (Phi) is 15.0. The molecule has 0 bridgehead atoms. The quantitative estimate of drug-likeness (QED) is 0.268. The van der Waals surface area contributed by atoms with Crippen LogP contribution in [-0.2, 0) is 24.2 Å². The predicted molar refractivity (Wildman–Crippen MR) is 253 cm³/mol. The van der Waals surface area contributed by atoms with E-state index in [-0.39, 0.29) is 62.7 Å². The fourth-order valence-electron chi connectivity index (χ4n) is 14.5. The van der Waals surface area contributed by atoms with Gasteiger partial charge in [0.25, 0.3) is 0 Å². The summed E-state index contributed by atoms with van der Waals surface area (Å²) in [7, 11) is 0. The van der Waals surface area contributed by atoms with Crippen LogP contribution in [0.2, 0.25) is 0 Å². The molecule has 0 nitrogen and oxygen atoms in total. The van der Waals surface area contributed by atoms with E-state index in [4.69, 9.17) is 0 Å². The Labute approximate surface area is 404 Å². The Bertz CT molecular complexity index is 2090. The summed E-state index contributed by atoms with van der Waals surface area (Å²) in [6.45, 7) is 20.3. The van der Waals surface area contributed by atoms with E-state index in [1.807, 2.05) is 12.2 Å². The van der Waals surface area contributed by atoms with Gasteiger partial charge in [0.2, 0.25) is 0 Å². The standard InChI is InChI=1S/C29H37.C25H30.C5H5.2ClH.Zr/c1-21-14-13-15-22-20-27(6)25(4)18-10-9-16-23(25,2)24(3)17-11-12-19-26(24,5)29(27,8)28(21,22)7;1-3-7-22(8-4-1)24-15-11-20(12-16-24)19-21-13-17-25(18-14-21)23-9-5-2-6-10-23;1-2-4-5-3-1;;;/h9-20,22H,1-8H3;11-18,22-23H,1-10H2;1-3H,4H2;2*1H;/q-1;;-1;;;+2/p-2. The average Bonchev–Trinajstić information content (AvgIpc) is 3.93. The molecule has 0 heterocycles. The van der Waals surface area contributed by atoms with Gasteiger partial charge in [-0.1, -0.05) is 115 Å². The summed E-state index contributed by atoms with van der Waals surface area (Å²) in [4.78, 5) is 0. The molecule has 4 fully saturated rings. The van der Waals surface area contributed by atoms with Crippen molar-refractivity contribution in [3.05, 3.63) is 174 Å². The van der Waals surface area contributed by atoms with Crippen molar-refractivity contribution in [2.24, 2.45) is 43.8 Å². The SMILES string of the molecule is CC1=CC=CC2[CH-]C3(C)C4(C)C=CC=CC4(C)C4(C)C=CC=CC4(C)C3(C)C12C.[C-]1=CC=CC1.[Cl-].[Cl-].[Zr+2]=[C](c1ccc(C2CCCCC2)cc1)c1ccc(C2CCCCC2)cc1. The van der Waals surface area contributed by atoms with Gasteiger partial charge < -0.3 is 31.2 Å². The molecule has 0 aromatic heterocycles. The normalized spacial score (nSPS) is 37.2. The maximum atomic E-state index is 2.99. The van der Waals surface area contributed by atoms with Crippen LogP contribution in [0.3, 0.4) is 0 Å². The molecule has 0 spiro atoms. The first-order valence-electron chi connectivity index (χ1n) is 23.7.